The second kappa shape index (κ2) is 9.61. The summed E-state index contributed by atoms with van der Waals surface area (Å²) in [5.74, 6) is 0.0760. The Labute approximate surface area is 217 Å². The summed E-state index contributed by atoms with van der Waals surface area (Å²) in [5, 5.41) is 15.2. The molecule has 1 atom stereocenters. The molecule has 2 aromatic heterocycles. The number of carboxylic acid groups (broad SMARTS) is 1. The van der Waals surface area contributed by atoms with Gasteiger partial charge in [-0.25, -0.2) is 9.97 Å². The van der Waals surface area contributed by atoms with E-state index in [2.05, 4.69) is 25.6 Å². The summed E-state index contributed by atoms with van der Waals surface area (Å²) in [6.07, 6.45) is 5.78. The van der Waals surface area contributed by atoms with Crippen LogP contribution in [0.5, 0.6) is 5.88 Å². The number of carbonyl (C=O) groups is 3. The molecule has 3 aliphatic rings. The fourth-order valence-corrected chi connectivity index (χ4v) is 5.02. The highest BCUT2D eigenvalue weighted by molar-refractivity contribution is 5.98. The van der Waals surface area contributed by atoms with Gasteiger partial charge in [-0.05, 0) is 36.6 Å². The lowest BCUT2D eigenvalue weighted by molar-refractivity contribution is -0.135. The van der Waals surface area contributed by atoms with E-state index < -0.39 is 5.97 Å². The van der Waals surface area contributed by atoms with E-state index in [-0.39, 0.29) is 30.3 Å². The maximum absolute atomic E-state index is 12.4. The molecule has 1 aromatic carbocycles. The Morgan fingerprint density at radius 1 is 1.11 bits per heavy atom. The molecule has 3 aromatic rings. The molecule has 0 unspecified atom stereocenters. The molecule has 3 N–H and O–H groups in total. The minimum absolute atomic E-state index is 0.00406. The molecule has 2 saturated heterocycles. The largest absolute Gasteiger partial charge is 0.480 e. The maximum atomic E-state index is 12.4. The van der Waals surface area contributed by atoms with Gasteiger partial charge in [-0.15, -0.1) is 0 Å². The summed E-state index contributed by atoms with van der Waals surface area (Å²) in [6, 6.07) is 9.21. The van der Waals surface area contributed by atoms with Gasteiger partial charge in [0.2, 0.25) is 23.6 Å². The second-order valence-electron chi connectivity index (χ2n) is 9.34. The third kappa shape index (κ3) is 4.44. The van der Waals surface area contributed by atoms with Gasteiger partial charge in [-0.2, -0.15) is 4.98 Å². The number of nitrogens with zero attached hydrogens (tertiary/aromatic N) is 5. The topological polar surface area (TPSA) is 150 Å². The first kappa shape index (κ1) is 23.6. The molecule has 5 heterocycles. The molecule has 12 nitrogen and oxygen atoms in total. The number of carboxylic acids is 1. The molecule has 2 fully saturated rings. The minimum atomic E-state index is -1.03. The van der Waals surface area contributed by atoms with Crippen LogP contribution in [0.25, 0.3) is 11.1 Å². The zero-order chi connectivity index (χ0) is 26.2. The van der Waals surface area contributed by atoms with Gasteiger partial charge in [0.25, 0.3) is 0 Å². The van der Waals surface area contributed by atoms with Gasteiger partial charge in [0.15, 0.2) is 0 Å². The molecule has 0 saturated carbocycles. The first-order valence-corrected chi connectivity index (χ1v) is 12.4. The molecule has 3 aliphatic heterocycles. The molecule has 6 rings (SSSR count). The molecular weight excluding hydrogens is 490 g/mol. The van der Waals surface area contributed by atoms with Gasteiger partial charge < -0.3 is 30.3 Å². The number of anilines is 5. The van der Waals surface area contributed by atoms with Gasteiger partial charge in [0.05, 0.1) is 17.9 Å². The average Bonchev–Trinajstić information content (AvgIpc) is 3.53. The summed E-state index contributed by atoms with van der Waals surface area (Å²) in [6.45, 7) is 0.792. The van der Waals surface area contributed by atoms with Gasteiger partial charge in [0.1, 0.15) is 24.7 Å². The maximum Gasteiger partial charge on any atom is 0.322 e. The number of pyridine rings is 1. The van der Waals surface area contributed by atoms with E-state index in [4.69, 9.17) is 4.74 Å². The van der Waals surface area contributed by atoms with Crippen molar-refractivity contribution < 1.29 is 24.2 Å². The average molecular weight is 516 g/mol. The van der Waals surface area contributed by atoms with Gasteiger partial charge in [-0.3, -0.25) is 14.4 Å². The summed E-state index contributed by atoms with van der Waals surface area (Å²) >= 11 is 0. The van der Waals surface area contributed by atoms with Crippen LogP contribution in [0.4, 0.5) is 28.8 Å². The second-order valence-corrected chi connectivity index (χ2v) is 9.34. The number of fused-ring (bicyclic) bond motifs is 3. The van der Waals surface area contributed by atoms with Crippen LogP contribution in [0.3, 0.4) is 0 Å². The van der Waals surface area contributed by atoms with E-state index in [1.54, 1.807) is 28.3 Å². The summed E-state index contributed by atoms with van der Waals surface area (Å²) in [5.41, 5.74) is 3.36. The van der Waals surface area contributed by atoms with Crippen molar-refractivity contribution in [1.29, 1.82) is 0 Å². The van der Waals surface area contributed by atoms with Crippen LogP contribution in [0, 0.1) is 0 Å². The molecule has 0 aliphatic carbocycles. The Bertz CT molecular complexity index is 1430. The number of rotatable bonds is 7. The van der Waals surface area contributed by atoms with Crippen LogP contribution in [0.15, 0.2) is 42.7 Å². The smallest absolute Gasteiger partial charge is 0.322 e. The number of aromatic nitrogens is 3. The van der Waals surface area contributed by atoms with Crippen LogP contribution >= 0.6 is 0 Å². The summed E-state index contributed by atoms with van der Waals surface area (Å²) < 4.78 is 5.72. The first-order chi connectivity index (χ1) is 18.5. The van der Waals surface area contributed by atoms with E-state index >= 15 is 0 Å². The molecule has 2 amide bonds. The lowest BCUT2D eigenvalue weighted by atomic mass is 10.1. The number of nitrogens with one attached hydrogen (secondary N) is 2. The quantitative estimate of drug-likeness (QED) is 0.429. The highest BCUT2D eigenvalue weighted by atomic mass is 16.5. The Balaban J connectivity index is 1.27. The van der Waals surface area contributed by atoms with E-state index in [0.717, 1.165) is 24.1 Å². The highest BCUT2D eigenvalue weighted by Crippen LogP contribution is 2.39. The zero-order valence-corrected chi connectivity index (χ0v) is 20.4. The summed E-state index contributed by atoms with van der Waals surface area (Å²) in [7, 11) is 0. The standard InChI is InChI=1S/C26H25N7O5/c34-21-2-1-9-32(21)17-5-3-15(4-6-17)19-12-29-26(31-24(19)27-13-23(36)37)30-16-10-20-25(28-11-16)38-14-18-7-8-22(35)33(18)20/h3-6,10-12,18H,1-2,7-9,13-14H2,(H,36,37)(H2,27,29,30,31)/t18-/m0/s1. The van der Waals surface area contributed by atoms with Gasteiger partial charge in [-0.1, -0.05) is 12.1 Å². The normalized spacial score (nSPS) is 18.2. The predicted octanol–water partition coefficient (Wildman–Crippen LogP) is 2.79. The number of hydrogen-bond donors (Lipinski definition) is 3. The van der Waals surface area contributed by atoms with Crippen LogP contribution in [-0.4, -0.2) is 63.6 Å². The SMILES string of the molecule is O=C(O)CNc1nc(Nc2cnc3c(c2)N2C(=O)CC[C@H]2CO3)ncc1-c1ccc(N2CCCC2=O)cc1. The van der Waals surface area contributed by atoms with E-state index in [0.29, 0.717) is 54.6 Å². The van der Waals surface area contributed by atoms with Crippen LogP contribution < -0.4 is 25.2 Å². The molecule has 194 valence electrons. The minimum Gasteiger partial charge on any atom is -0.480 e. The van der Waals surface area contributed by atoms with Crippen molar-refractivity contribution in [3.05, 3.63) is 42.7 Å². The number of hydrogen-bond acceptors (Lipinski definition) is 9. The fraction of sp³-hybridized carbons (Fsp3) is 0.308. The number of aliphatic carboxylic acids is 1. The molecular formula is C26H25N7O5. The molecule has 38 heavy (non-hydrogen) atoms. The van der Waals surface area contributed by atoms with Crippen molar-refractivity contribution in [2.45, 2.75) is 31.7 Å². The van der Waals surface area contributed by atoms with Crippen molar-refractivity contribution >= 4 is 46.6 Å². The van der Waals surface area contributed by atoms with Crippen molar-refractivity contribution in [2.75, 3.05) is 40.1 Å². The Morgan fingerprint density at radius 2 is 1.95 bits per heavy atom. The van der Waals surface area contributed by atoms with Crippen molar-refractivity contribution in [2.24, 2.45) is 0 Å². The highest BCUT2D eigenvalue weighted by Gasteiger charge is 2.38. The lowest BCUT2D eigenvalue weighted by Gasteiger charge is -2.31. The van der Waals surface area contributed by atoms with Crippen LogP contribution in [-0.2, 0) is 14.4 Å². The van der Waals surface area contributed by atoms with Crippen LogP contribution in [0.1, 0.15) is 25.7 Å². The number of ether oxygens (including phenoxy) is 1. The number of carbonyl (C=O) groups excluding carboxylic acids is 2. The molecule has 0 bridgehead atoms. The monoisotopic (exact) mass is 515 g/mol. The lowest BCUT2D eigenvalue weighted by Crippen LogP contribution is -2.40. The molecule has 0 spiro atoms. The third-order valence-electron chi connectivity index (χ3n) is 6.84. The first-order valence-electron chi connectivity index (χ1n) is 12.4. The van der Waals surface area contributed by atoms with Gasteiger partial charge >= 0.3 is 5.97 Å². The Hall–Kier alpha value is -4.74. The fourth-order valence-electron chi connectivity index (χ4n) is 5.02. The van der Waals surface area contributed by atoms with Crippen molar-refractivity contribution in [3.8, 4) is 17.0 Å². The molecule has 12 heteroatoms. The van der Waals surface area contributed by atoms with Crippen molar-refractivity contribution in [3.63, 3.8) is 0 Å². The zero-order valence-electron chi connectivity index (χ0n) is 20.4. The number of benzene rings is 1. The van der Waals surface area contributed by atoms with Crippen LogP contribution in [0.2, 0.25) is 0 Å². The number of amides is 2. The predicted molar refractivity (Wildman–Crippen MR) is 139 cm³/mol. The van der Waals surface area contributed by atoms with E-state index in [9.17, 15) is 19.5 Å². The van der Waals surface area contributed by atoms with E-state index in [1.807, 2.05) is 24.3 Å². The molecule has 0 radical (unpaired) electrons. The Kier molecular flexibility index (Phi) is 5.98. The van der Waals surface area contributed by atoms with E-state index in [1.165, 1.54) is 0 Å². The third-order valence-corrected chi connectivity index (χ3v) is 6.84. The summed E-state index contributed by atoms with van der Waals surface area (Å²) in [4.78, 5) is 52.5. The van der Waals surface area contributed by atoms with Crippen molar-refractivity contribution in [1.82, 2.24) is 15.0 Å². The Morgan fingerprint density at radius 3 is 2.71 bits per heavy atom. The van der Waals surface area contributed by atoms with Gasteiger partial charge in [0, 0.05) is 36.8 Å².